The molecule has 0 atom stereocenters. The molecule has 26 heavy (non-hydrogen) atoms. The predicted octanol–water partition coefficient (Wildman–Crippen LogP) is 2.38. The molecule has 138 valence electrons. The van der Waals surface area contributed by atoms with E-state index in [-0.39, 0.29) is 12.4 Å². The summed E-state index contributed by atoms with van der Waals surface area (Å²) in [6, 6.07) is 8.91. The lowest BCUT2D eigenvalue weighted by molar-refractivity contribution is -0.123. The van der Waals surface area contributed by atoms with E-state index in [2.05, 4.69) is 10.5 Å². The Morgan fingerprint density at radius 1 is 1.12 bits per heavy atom. The molecular formula is C18H19FN2O5. The molecule has 0 heterocycles. The van der Waals surface area contributed by atoms with E-state index in [1.165, 1.54) is 45.7 Å². The first-order valence-electron chi connectivity index (χ1n) is 7.58. The van der Waals surface area contributed by atoms with Gasteiger partial charge in [-0.2, -0.15) is 5.10 Å². The average molecular weight is 362 g/mol. The van der Waals surface area contributed by atoms with E-state index in [9.17, 15) is 9.18 Å². The van der Waals surface area contributed by atoms with Gasteiger partial charge in [-0.25, -0.2) is 9.82 Å². The number of nitrogens with zero attached hydrogens (tertiary/aromatic N) is 1. The molecule has 2 rings (SSSR count). The number of hydrogen-bond donors (Lipinski definition) is 1. The highest BCUT2D eigenvalue weighted by molar-refractivity contribution is 5.87. The van der Waals surface area contributed by atoms with E-state index in [1.54, 1.807) is 18.2 Å². The van der Waals surface area contributed by atoms with E-state index in [1.807, 2.05) is 0 Å². The molecule has 0 saturated heterocycles. The number of carbonyl (C=O) groups is 1. The third-order valence-corrected chi connectivity index (χ3v) is 3.29. The van der Waals surface area contributed by atoms with E-state index in [4.69, 9.17) is 18.9 Å². The lowest BCUT2D eigenvalue weighted by Crippen LogP contribution is -2.24. The summed E-state index contributed by atoms with van der Waals surface area (Å²) in [7, 11) is 4.50. The topological polar surface area (TPSA) is 78.4 Å². The number of methoxy groups -OCH3 is 3. The van der Waals surface area contributed by atoms with Crippen molar-refractivity contribution in [1.29, 1.82) is 0 Å². The summed E-state index contributed by atoms with van der Waals surface area (Å²) in [6.07, 6.45) is 1.40. The second-order valence-corrected chi connectivity index (χ2v) is 4.96. The molecule has 0 bridgehead atoms. The van der Waals surface area contributed by atoms with Crippen LogP contribution in [-0.2, 0) is 4.79 Å². The molecule has 0 saturated carbocycles. The molecule has 0 unspecified atom stereocenters. The fourth-order valence-corrected chi connectivity index (χ4v) is 2.14. The Labute approximate surface area is 150 Å². The third kappa shape index (κ3) is 4.85. The van der Waals surface area contributed by atoms with Gasteiger partial charge in [0.1, 0.15) is 11.6 Å². The molecule has 0 aliphatic rings. The molecule has 8 heteroatoms. The summed E-state index contributed by atoms with van der Waals surface area (Å²) in [5, 5.41) is 3.86. The molecule has 0 fully saturated rings. The molecule has 1 N–H and O–H groups in total. The molecule has 0 aliphatic heterocycles. The Kier molecular flexibility index (Phi) is 6.78. The van der Waals surface area contributed by atoms with Gasteiger partial charge in [0.25, 0.3) is 5.91 Å². The monoisotopic (exact) mass is 362 g/mol. The maximum atomic E-state index is 13.0. The molecule has 0 spiro atoms. The predicted molar refractivity (Wildman–Crippen MR) is 93.7 cm³/mol. The normalized spacial score (nSPS) is 10.5. The Morgan fingerprint density at radius 3 is 2.54 bits per heavy atom. The summed E-state index contributed by atoms with van der Waals surface area (Å²) in [6.45, 7) is -0.302. The van der Waals surface area contributed by atoms with Gasteiger partial charge >= 0.3 is 0 Å². The van der Waals surface area contributed by atoms with Gasteiger partial charge < -0.3 is 18.9 Å². The van der Waals surface area contributed by atoms with Crippen molar-refractivity contribution in [2.24, 2.45) is 5.10 Å². The summed E-state index contributed by atoms with van der Waals surface area (Å²) >= 11 is 0. The quantitative estimate of drug-likeness (QED) is 0.576. The van der Waals surface area contributed by atoms with Crippen molar-refractivity contribution < 1.29 is 28.1 Å². The second-order valence-electron chi connectivity index (χ2n) is 4.96. The molecule has 2 aromatic rings. The van der Waals surface area contributed by atoms with Gasteiger partial charge in [0.15, 0.2) is 18.1 Å². The first-order valence-corrected chi connectivity index (χ1v) is 7.58. The number of rotatable bonds is 8. The standard InChI is InChI=1S/C18H19FN2O5/c1-23-15-8-7-12(17(24-2)18(15)25-3)10-20-21-16(22)11-26-14-6-4-5-13(19)9-14/h4-10H,11H2,1-3H3,(H,21,22)/b20-10-. The number of benzene rings is 2. The summed E-state index contributed by atoms with van der Waals surface area (Å²) in [5.74, 6) is 0.659. The van der Waals surface area contributed by atoms with Crippen LogP contribution in [0.3, 0.4) is 0 Å². The number of carbonyl (C=O) groups excluding carboxylic acids is 1. The number of hydrogen-bond acceptors (Lipinski definition) is 6. The second kappa shape index (κ2) is 9.26. The van der Waals surface area contributed by atoms with Crippen LogP contribution in [0.1, 0.15) is 5.56 Å². The smallest absolute Gasteiger partial charge is 0.277 e. The zero-order chi connectivity index (χ0) is 18.9. The minimum absolute atomic E-state index is 0.255. The van der Waals surface area contributed by atoms with Crippen LogP contribution in [0.25, 0.3) is 0 Å². The van der Waals surface area contributed by atoms with Crippen molar-refractivity contribution in [3.05, 3.63) is 47.8 Å². The van der Waals surface area contributed by atoms with Gasteiger partial charge in [-0.15, -0.1) is 0 Å². The third-order valence-electron chi connectivity index (χ3n) is 3.29. The number of halogens is 1. The van der Waals surface area contributed by atoms with Gasteiger partial charge in [-0.1, -0.05) is 6.07 Å². The van der Waals surface area contributed by atoms with Crippen LogP contribution in [0.5, 0.6) is 23.0 Å². The molecule has 7 nitrogen and oxygen atoms in total. The average Bonchev–Trinajstić information content (AvgIpc) is 2.65. The van der Waals surface area contributed by atoms with Crippen LogP contribution in [-0.4, -0.2) is 40.1 Å². The lowest BCUT2D eigenvalue weighted by atomic mass is 10.2. The Morgan fingerprint density at radius 2 is 1.88 bits per heavy atom. The van der Waals surface area contributed by atoms with Crippen molar-refractivity contribution >= 4 is 12.1 Å². The summed E-state index contributed by atoms with van der Waals surface area (Å²) in [4.78, 5) is 11.7. The highest BCUT2D eigenvalue weighted by Crippen LogP contribution is 2.38. The Bertz CT molecular complexity index is 795. The number of hydrazone groups is 1. The zero-order valence-corrected chi connectivity index (χ0v) is 14.6. The van der Waals surface area contributed by atoms with Crippen molar-refractivity contribution in [3.63, 3.8) is 0 Å². The van der Waals surface area contributed by atoms with Crippen LogP contribution < -0.4 is 24.4 Å². The Balaban J connectivity index is 1.98. The van der Waals surface area contributed by atoms with Crippen molar-refractivity contribution in [2.45, 2.75) is 0 Å². The van der Waals surface area contributed by atoms with Crippen LogP contribution in [0.4, 0.5) is 4.39 Å². The van der Waals surface area contributed by atoms with Crippen LogP contribution in [0.2, 0.25) is 0 Å². The zero-order valence-electron chi connectivity index (χ0n) is 14.6. The minimum Gasteiger partial charge on any atom is -0.493 e. The largest absolute Gasteiger partial charge is 0.493 e. The molecule has 0 aliphatic carbocycles. The molecule has 0 aromatic heterocycles. The van der Waals surface area contributed by atoms with Crippen molar-refractivity contribution in [3.8, 4) is 23.0 Å². The van der Waals surface area contributed by atoms with Crippen molar-refractivity contribution in [1.82, 2.24) is 5.43 Å². The fourth-order valence-electron chi connectivity index (χ4n) is 2.14. The van der Waals surface area contributed by atoms with Gasteiger partial charge in [0, 0.05) is 11.6 Å². The SMILES string of the molecule is COc1ccc(/C=N\NC(=O)COc2cccc(F)c2)c(OC)c1OC. The van der Waals surface area contributed by atoms with Gasteiger partial charge in [-0.05, 0) is 24.3 Å². The van der Waals surface area contributed by atoms with Crippen LogP contribution >= 0.6 is 0 Å². The maximum absolute atomic E-state index is 13.0. The van der Waals surface area contributed by atoms with Gasteiger partial charge in [-0.3, -0.25) is 4.79 Å². The van der Waals surface area contributed by atoms with Crippen LogP contribution in [0.15, 0.2) is 41.5 Å². The minimum atomic E-state index is -0.495. The molecule has 2 aromatic carbocycles. The first kappa shape index (κ1) is 19.0. The highest BCUT2D eigenvalue weighted by Gasteiger charge is 2.14. The first-order chi connectivity index (χ1) is 12.6. The van der Waals surface area contributed by atoms with Crippen LogP contribution in [0, 0.1) is 5.82 Å². The van der Waals surface area contributed by atoms with Crippen molar-refractivity contribution in [2.75, 3.05) is 27.9 Å². The molecule has 0 radical (unpaired) electrons. The summed E-state index contributed by atoms with van der Waals surface area (Å²) in [5.41, 5.74) is 2.90. The number of amides is 1. The lowest BCUT2D eigenvalue weighted by Gasteiger charge is -2.13. The van der Waals surface area contributed by atoms with E-state index >= 15 is 0 Å². The fraction of sp³-hybridized carbons (Fsp3) is 0.222. The maximum Gasteiger partial charge on any atom is 0.277 e. The van der Waals surface area contributed by atoms with E-state index in [0.29, 0.717) is 22.8 Å². The van der Waals surface area contributed by atoms with E-state index in [0.717, 1.165) is 0 Å². The van der Waals surface area contributed by atoms with Gasteiger partial charge in [0.2, 0.25) is 5.75 Å². The Hall–Kier alpha value is -3.29. The van der Waals surface area contributed by atoms with Gasteiger partial charge in [0.05, 0.1) is 27.5 Å². The number of nitrogens with one attached hydrogen (secondary N) is 1. The van der Waals surface area contributed by atoms with E-state index < -0.39 is 11.7 Å². The summed E-state index contributed by atoms with van der Waals surface area (Å²) < 4.78 is 34.0. The molecule has 1 amide bonds. The highest BCUT2D eigenvalue weighted by atomic mass is 19.1. The molecular weight excluding hydrogens is 343 g/mol. The number of ether oxygens (including phenoxy) is 4.